The maximum absolute atomic E-state index is 11.5. The highest BCUT2D eigenvalue weighted by atomic mass is 16.5. The van der Waals surface area contributed by atoms with Gasteiger partial charge in [0.2, 0.25) is 5.91 Å². The molecule has 0 fully saturated rings. The van der Waals surface area contributed by atoms with Crippen LogP contribution in [0.15, 0.2) is 0 Å². The first-order valence-electron chi connectivity index (χ1n) is 5.59. The Morgan fingerprint density at radius 1 is 1.44 bits per heavy atom. The minimum atomic E-state index is -0.695. The number of methoxy groups -OCH3 is 1. The summed E-state index contributed by atoms with van der Waals surface area (Å²) in [5.74, 6) is -0.0483. The van der Waals surface area contributed by atoms with Crippen LogP contribution >= 0.6 is 0 Å². The SMILES string of the molecule is COCCNC(=O)C(C)NCCC(C)(C)O. The van der Waals surface area contributed by atoms with Gasteiger partial charge in [-0.25, -0.2) is 0 Å². The molecular formula is C11H24N2O3. The van der Waals surface area contributed by atoms with Gasteiger partial charge in [0.05, 0.1) is 18.2 Å². The van der Waals surface area contributed by atoms with Gasteiger partial charge in [-0.05, 0) is 33.7 Å². The van der Waals surface area contributed by atoms with E-state index in [0.717, 1.165) is 0 Å². The molecule has 16 heavy (non-hydrogen) atoms. The quantitative estimate of drug-likeness (QED) is 0.511. The first-order chi connectivity index (χ1) is 7.37. The molecule has 3 N–H and O–H groups in total. The maximum Gasteiger partial charge on any atom is 0.236 e. The van der Waals surface area contributed by atoms with Crippen LogP contribution in [0.4, 0.5) is 0 Å². The summed E-state index contributed by atoms with van der Waals surface area (Å²) in [7, 11) is 1.59. The van der Waals surface area contributed by atoms with E-state index in [4.69, 9.17) is 4.74 Å². The number of nitrogens with one attached hydrogen (secondary N) is 2. The lowest BCUT2D eigenvalue weighted by atomic mass is 10.1. The Balaban J connectivity index is 3.63. The zero-order valence-electron chi connectivity index (χ0n) is 10.7. The van der Waals surface area contributed by atoms with Crippen LogP contribution in [0.25, 0.3) is 0 Å². The van der Waals surface area contributed by atoms with Crippen molar-refractivity contribution in [1.82, 2.24) is 10.6 Å². The standard InChI is InChI=1S/C11H24N2O3/c1-9(10(14)13-7-8-16-4)12-6-5-11(2,3)15/h9,12,15H,5-8H2,1-4H3,(H,13,14). The van der Waals surface area contributed by atoms with Gasteiger partial charge in [0.25, 0.3) is 0 Å². The molecule has 0 aromatic heterocycles. The molecular weight excluding hydrogens is 208 g/mol. The number of ether oxygens (including phenoxy) is 1. The Bertz CT molecular complexity index is 202. The number of carbonyl (C=O) groups excluding carboxylic acids is 1. The number of rotatable bonds is 8. The Morgan fingerprint density at radius 3 is 2.56 bits per heavy atom. The average Bonchev–Trinajstić information content (AvgIpc) is 2.15. The van der Waals surface area contributed by atoms with Gasteiger partial charge >= 0.3 is 0 Å². The zero-order chi connectivity index (χ0) is 12.6. The van der Waals surface area contributed by atoms with Crippen LogP contribution in [-0.2, 0) is 9.53 Å². The highest BCUT2D eigenvalue weighted by molar-refractivity contribution is 5.81. The van der Waals surface area contributed by atoms with Gasteiger partial charge < -0.3 is 20.5 Å². The second-order valence-corrected chi connectivity index (χ2v) is 4.52. The first-order valence-corrected chi connectivity index (χ1v) is 5.59. The Labute approximate surface area is 97.6 Å². The first kappa shape index (κ1) is 15.3. The molecule has 0 aromatic rings. The van der Waals surface area contributed by atoms with E-state index in [1.54, 1.807) is 27.9 Å². The van der Waals surface area contributed by atoms with Crippen molar-refractivity contribution >= 4 is 5.91 Å². The number of amides is 1. The molecule has 1 unspecified atom stereocenters. The van der Waals surface area contributed by atoms with Crippen molar-refractivity contribution in [3.05, 3.63) is 0 Å². The average molecular weight is 232 g/mol. The monoisotopic (exact) mass is 232 g/mol. The molecule has 0 saturated heterocycles. The second kappa shape index (κ2) is 7.60. The number of carbonyl (C=O) groups is 1. The minimum Gasteiger partial charge on any atom is -0.390 e. The fourth-order valence-corrected chi connectivity index (χ4v) is 1.12. The molecule has 0 aliphatic rings. The summed E-state index contributed by atoms with van der Waals surface area (Å²) >= 11 is 0. The van der Waals surface area contributed by atoms with Crippen molar-refractivity contribution < 1.29 is 14.6 Å². The Hall–Kier alpha value is -0.650. The van der Waals surface area contributed by atoms with Crippen molar-refractivity contribution in [3.63, 3.8) is 0 Å². The predicted molar refractivity (Wildman–Crippen MR) is 63.3 cm³/mol. The Kier molecular flexibility index (Phi) is 7.29. The van der Waals surface area contributed by atoms with E-state index in [0.29, 0.717) is 26.1 Å². The smallest absolute Gasteiger partial charge is 0.236 e. The van der Waals surface area contributed by atoms with Crippen molar-refractivity contribution in [3.8, 4) is 0 Å². The molecule has 1 atom stereocenters. The molecule has 0 rings (SSSR count). The van der Waals surface area contributed by atoms with Crippen molar-refractivity contribution in [2.75, 3.05) is 26.8 Å². The van der Waals surface area contributed by atoms with E-state index in [9.17, 15) is 9.90 Å². The van der Waals surface area contributed by atoms with E-state index >= 15 is 0 Å². The molecule has 0 spiro atoms. The van der Waals surface area contributed by atoms with Crippen LogP contribution in [0.1, 0.15) is 27.2 Å². The molecule has 5 heteroatoms. The third kappa shape index (κ3) is 8.64. The summed E-state index contributed by atoms with van der Waals surface area (Å²) in [6.45, 7) is 6.94. The number of hydrogen-bond donors (Lipinski definition) is 3. The van der Waals surface area contributed by atoms with Gasteiger partial charge in [-0.15, -0.1) is 0 Å². The van der Waals surface area contributed by atoms with Crippen LogP contribution in [0, 0.1) is 0 Å². The van der Waals surface area contributed by atoms with Gasteiger partial charge in [-0.2, -0.15) is 0 Å². The lowest BCUT2D eigenvalue weighted by Crippen LogP contribution is -2.44. The van der Waals surface area contributed by atoms with E-state index in [-0.39, 0.29) is 11.9 Å². The fourth-order valence-electron chi connectivity index (χ4n) is 1.12. The van der Waals surface area contributed by atoms with Crippen LogP contribution in [0.2, 0.25) is 0 Å². The van der Waals surface area contributed by atoms with Crippen LogP contribution in [0.3, 0.4) is 0 Å². The van der Waals surface area contributed by atoms with Crippen molar-refractivity contribution in [1.29, 1.82) is 0 Å². The largest absolute Gasteiger partial charge is 0.390 e. The summed E-state index contributed by atoms with van der Waals surface area (Å²) in [6, 6.07) is -0.251. The summed E-state index contributed by atoms with van der Waals surface area (Å²) in [5, 5.41) is 15.3. The maximum atomic E-state index is 11.5. The lowest BCUT2D eigenvalue weighted by molar-refractivity contribution is -0.123. The van der Waals surface area contributed by atoms with Crippen LogP contribution in [0.5, 0.6) is 0 Å². The molecule has 0 aliphatic heterocycles. The van der Waals surface area contributed by atoms with Crippen LogP contribution < -0.4 is 10.6 Å². The molecule has 0 aliphatic carbocycles. The lowest BCUT2D eigenvalue weighted by Gasteiger charge is -2.19. The fraction of sp³-hybridized carbons (Fsp3) is 0.909. The van der Waals surface area contributed by atoms with Gasteiger partial charge in [0, 0.05) is 13.7 Å². The molecule has 0 radical (unpaired) electrons. The van der Waals surface area contributed by atoms with Gasteiger partial charge in [-0.3, -0.25) is 4.79 Å². The van der Waals surface area contributed by atoms with E-state index in [1.807, 2.05) is 0 Å². The van der Waals surface area contributed by atoms with Gasteiger partial charge in [0.1, 0.15) is 0 Å². The molecule has 96 valence electrons. The molecule has 0 aromatic carbocycles. The molecule has 1 amide bonds. The number of aliphatic hydroxyl groups is 1. The summed E-state index contributed by atoms with van der Waals surface area (Å²) in [4.78, 5) is 11.5. The summed E-state index contributed by atoms with van der Waals surface area (Å²) in [6.07, 6.45) is 0.614. The van der Waals surface area contributed by atoms with Crippen molar-refractivity contribution in [2.45, 2.75) is 38.8 Å². The predicted octanol–water partition coefficient (Wildman–Crippen LogP) is -0.112. The third-order valence-corrected chi connectivity index (χ3v) is 2.19. The minimum absolute atomic E-state index is 0.0483. The van der Waals surface area contributed by atoms with Crippen LogP contribution in [-0.4, -0.2) is 49.5 Å². The summed E-state index contributed by atoms with van der Waals surface area (Å²) in [5.41, 5.74) is -0.695. The molecule has 0 heterocycles. The molecule has 0 saturated carbocycles. The topological polar surface area (TPSA) is 70.6 Å². The van der Waals surface area contributed by atoms with E-state index in [1.165, 1.54) is 0 Å². The van der Waals surface area contributed by atoms with Crippen molar-refractivity contribution in [2.24, 2.45) is 0 Å². The third-order valence-electron chi connectivity index (χ3n) is 2.19. The number of hydrogen-bond acceptors (Lipinski definition) is 4. The zero-order valence-corrected chi connectivity index (χ0v) is 10.7. The molecule has 5 nitrogen and oxygen atoms in total. The highest BCUT2D eigenvalue weighted by Gasteiger charge is 2.15. The van der Waals surface area contributed by atoms with E-state index < -0.39 is 5.60 Å². The normalized spacial score (nSPS) is 13.6. The van der Waals surface area contributed by atoms with Gasteiger partial charge in [0.15, 0.2) is 0 Å². The summed E-state index contributed by atoms with van der Waals surface area (Å²) < 4.78 is 4.83. The molecule has 0 bridgehead atoms. The highest BCUT2D eigenvalue weighted by Crippen LogP contribution is 2.05. The Morgan fingerprint density at radius 2 is 2.06 bits per heavy atom. The second-order valence-electron chi connectivity index (χ2n) is 4.52. The van der Waals surface area contributed by atoms with Gasteiger partial charge in [-0.1, -0.05) is 0 Å². The van der Waals surface area contributed by atoms with E-state index in [2.05, 4.69) is 10.6 Å².